The van der Waals surface area contributed by atoms with Crippen LogP contribution in [0.3, 0.4) is 0 Å². The quantitative estimate of drug-likeness (QED) is 0.816. The SMILES string of the molecule is NCc1ccc(C(F)(F)F)nc1-c1ccc(Br)c(Cl)n1. The Kier molecular flexibility index (Phi) is 4.31. The molecule has 20 heavy (non-hydrogen) atoms. The van der Waals surface area contributed by atoms with Gasteiger partial charge in [0.1, 0.15) is 10.8 Å². The van der Waals surface area contributed by atoms with E-state index in [1.54, 1.807) is 6.07 Å². The molecule has 0 aliphatic heterocycles. The Balaban J connectivity index is 2.61. The van der Waals surface area contributed by atoms with Crippen LogP contribution in [0.2, 0.25) is 5.15 Å². The van der Waals surface area contributed by atoms with E-state index < -0.39 is 11.9 Å². The summed E-state index contributed by atoms with van der Waals surface area (Å²) in [5, 5.41) is 0.143. The van der Waals surface area contributed by atoms with E-state index in [1.165, 1.54) is 12.1 Å². The second-order valence-electron chi connectivity index (χ2n) is 3.88. The van der Waals surface area contributed by atoms with Crippen LogP contribution in [-0.4, -0.2) is 9.97 Å². The molecule has 106 valence electrons. The van der Waals surface area contributed by atoms with Gasteiger partial charge in [0, 0.05) is 6.54 Å². The van der Waals surface area contributed by atoms with Crippen molar-refractivity contribution >= 4 is 27.5 Å². The summed E-state index contributed by atoms with van der Waals surface area (Å²) in [6.45, 7) is 0.0514. The maximum atomic E-state index is 12.7. The molecule has 0 bridgehead atoms. The summed E-state index contributed by atoms with van der Waals surface area (Å²) < 4.78 is 38.7. The zero-order valence-electron chi connectivity index (χ0n) is 9.88. The fourth-order valence-corrected chi connectivity index (χ4v) is 1.96. The van der Waals surface area contributed by atoms with E-state index in [0.717, 1.165) is 6.07 Å². The van der Waals surface area contributed by atoms with Crippen molar-refractivity contribution in [3.8, 4) is 11.4 Å². The first kappa shape index (κ1) is 15.2. The molecule has 0 fully saturated rings. The molecule has 0 saturated heterocycles. The predicted molar refractivity (Wildman–Crippen MR) is 73.1 cm³/mol. The Hall–Kier alpha value is -1.18. The third-order valence-electron chi connectivity index (χ3n) is 2.53. The number of pyridine rings is 2. The topological polar surface area (TPSA) is 51.8 Å². The van der Waals surface area contributed by atoms with Crippen LogP contribution in [0.4, 0.5) is 13.2 Å². The molecule has 0 aliphatic rings. The predicted octanol–water partition coefficient (Wildman–Crippen LogP) is 4.04. The highest BCUT2D eigenvalue weighted by molar-refractivity contribution is 9.10. The van der Waals surface area contributed by atoms with E-state index in [2.05, 4.69) is 25.9 Å². The molecule has 3 nitrogen and oxygen atoms in total. The van der Waals surface area contributed by atoms with E-state index in [9.17, 15) is 13.2 Å². The van der Waals surface area contributed by atoms with Gasteiger partial charge in [-0.05, 0) is 39.7 Å². The summed E-state index contributed by atoms with van der Waals surface area (Å²) in [7, 11) is 0. The number of nitrogens with two attached hydrogens (primary N) is 1. The monoisotopic (exact) mass is 365 g/mol. The maximum absolute atomic E-state index is 12.7. The van der Waals surface area contributed by atoms with Crippen LogP contribution in [0, 0.1) is 0 Å². The van der Waals surface area contributed by atoms with Crippen molar-refractivity contribution in [2.45, 2.75) is 12.7 Å². The Morgan fingerprint density at radius 1 is 1.15 bits per heavy atom. The number of hydrogen-bond donors (Lipinski definition) is 1. The Morgan fingerprint density at radius 2 is 1.85 bits per heavy atom. The minimum absolute atomic E-state index is 0.0514. The van der Waals surface area contributed by atoms with E-state index >= 15 is 0 Å². The van der Waals surface area contributed by atoms with Crippen molar-refractivity contribution in [1.82, 2.24) is 9.97 Å². The van der Waals surface area contributed by atoms with Crippen LogP contribution in [-0.2, 0) is 12.7 Å². The lowest BCUT2D eigenvalue weighted by Gasteiger charge is -2.11. The molecule has 8 heteroatoms. The molecule has 2 aromatic heterocycles. The molecular formula is C12H8BrClF3N3. The van der Waals surface area contributed by atoms with Crippen LogP contribution < -0.4 is 5.73 Å². The number of aromatic nitrogens is 2. The maximum Gasteiger partial charge on any atom is 0.433 e. The normalized spacial score (nSPS) is 11.7. The minimum atomic E-state index is -4.53. The molecule has 2 heterocycles. The average Bonchev–Trinajstić information content (AvgIpc) is 2.40. The molecule has 0 unspecified atom stereocenters. The summed E-state index contributed by atoms with van der Waals surface area (Å²) in [6.07, 6.45) is -4.53. The van der Waals surface area contributed by atoms with Gasteiger partial charge in [-0.15, -0.1) is 0 Å². The Bertz CT molecular complexity index is 646. The summed E-state index contributed by atoms with van der Waals surface area (Å²) in [4.78, 5) is 7.62. The third-order valence-corrected chi connectivity index (χ3v) is 3.69. The summed E-state index contributed by atoms with van der Waals surface area (Å²) in [5.41, 5.74) is 5.31. The highest BCUT2D eigenvalue weighted by atomic mass is 79.9. The van der Waals surface area contributed by atoms with Gasteiger partial charge < -0.3 is 5.73 Å². The van der Waals surface area contributed by atoms with Crippen molar-refractivity contribution in [2.75, 3.05) is 0 Å². The van der Waals surface area contributed by atoms with Crippen molar-refractivity contribution < 1.29 is 13.2 Å². The second kappa shape index (κ2) is 5.67. The van der Waals surface area contributed by atoms with Crippen molar-refractivity contribution in [1.29, 1.82) is 0 Å². The van der Waals surface area contributed by atoms with Gasteiger partial charge in [0.05, 0.1) is 15.9 Å². The van der Waals surface area contributed by atoms with Crippen LogP contribution in [0.15, 0.2) is 28.7 Å². The molecular weight excluding hydrogens is 359 g/mol. The third kappa shape index (κ3) is 3.11. The number of halogens is 5. The smallest absolute Gasteiger partial charge is 0.326 e. The largest absolute Gasteiger partial charge is 0.433 e. The van der Waals surface area contributed by atoms with Crippen molar-refractivity contribution in [2.24, 2.45) is 5.73 Å². The molecule has 2 rings (SSSR count). The van der Waals surface area contributed by atoms with Gasteiger partial charge in [-0.1, -0.05) is 17.7 Å². The number of hydrogen-bond acceptors (Lipinski definition) is 3. The van der Waals surface area contributed by atoms with E-state index in [1.807, 2.05) is 0 Å². The van der Waals surface area contributed by atoms with E-state index in [4.69, 9.17) is 17.3 Å². The van der Waals surface area contributed by atoms with Gasteiger partial charge in [-0.3, -0.25) is 0 Å². The fourth-order valence-electron chi connectivity index (χ4n) is 1.58. The average molecular weight is 367 g/mol. The first-order chi connectivity index (χ1) is 9.32. The van der Waals surface area contributed by atoms with Gasteiger partial charge in [0.25, 0.3) is 0 Å². The molecule has 0 aromatic carbocycles. The van der Waals surface area contributed by atoms with E-state index in [-0.39, 0.29) is 23.1 Å². The molecule has 0 aliphatic carbocycles. The summed E-state index contributed by atoms with van der Waals surface area (Å²) in [6, 6.07) is 5.31. The van der Waals surface area contributed by atoms with Gasteiger partial charge in [-0.2, -0.15) is 13.2 Å². The molecule has 0 amide bonds. The van der Waals surface area contributed by atoms with Crippen LogP contribution in [0.25, 0.3) is 11.4 Å². The molecule has 2 aromatic rings. The van der Waals surface area contributed by atoms with Crippen molar-refractivity contribution in [3.63, 3.8) is 0 Å². The van der Waals surface area contributed by atoms with E-state index in [0.29, 0.717) is 10.0 Å². The number of rotatable bonds is 2. The standard InChI is InChI=1S/C12H8BrClF3N3/c13-7-2-3-8(19-11(7)14)10-6(5-18)1-4-9(20-10)12(15,16)17/h1-4H,5,18H2. The van der Waals surface area contributed by atoms with Crippen LogP contribution >= 0.6 is 27.5 Å². The molecule has 2 N–H and O–H groups in total. The first-order valence-electron chi connectivity index (χ1n) is 5.42. The van der Waals surface area contributed by atoms with Gasteiger partial charge in [-0.25, -0.2) is 9.97 Å². The summed E-state index contributed by atoms with van der Waals surface area (Å²) in [5.74, 6) is 0. The van der Waals surface area contributed by atoms with Gasteiger partial charge in [0.15, 0.2) is 0 Å². The van der Waals surface area contributed by atoms with Crippen LogP contribution in [0.5, 0.6) is 0 Å². The van der Waals surface area contributed by atoms with Gasteiger partial charge >= 0.3 is 6.18 Å². The lowest BCUT2D eigenvalue weighted by molar-refractivity contribution is -0.141. The second-order valence-corrected chi connectivity index (χ2v) is 5.09. The zero-order chi connectivity index (χ0) is 14.9. The minimum Gasteiger partial charge on any atom is -0.326 e. The molecule has 0 atom stereocenters. The highest BCUT2D eigenvalue weighted by Gasteiger charge is 2.33. The number of alkyl halides is 3. The lowest BCUT2D eigenvalue weighted by atomic mass is 10.1. The Labute approximate surface area is 126 Å². The summed E-state index contributed by atoms with van der Waals surface area (Å²) >= 11 is 9.01. The molecule has 0 saturated carbocycles. The fraction of sp³-hybridized carbons (Fsp3) is 0.167. The lowest BCUT2D eigenvalue weighted by Crippen LogP contribution is -2.11. The highest BCUT2D eigenvalue weighted by Crippen LogP contribution is 2.31. The van der Waals surface area contributed by atoms with Crippen LogP contribution in [0.1, 0.15) is 11.3 Å². The number of nitrogens with zero attached hydrogens (tertiary/aromatic N) is 2. The zero-order valence-corrected chi connectivity index (χ0v) is 12.2. The molecule has 0 spiro atoms. The Morgan fingerprint density at radius 3 is 2.40 bits per heavy atom. The van der Waals surface area contributed by atoms with Gasteiger partial charge in [0.2, 0.25) is 0 Å². The molecule has 0 radical (unpaired) electrons. The first-order valence-corrected chi connectivity index (χ1v) is 6.59. The van der Waals surface area contributed by atoms with Crippen molar-refractivity contribution in [3.05, 3.63) is 45.1 Å².